The number of benzene rings is 3. The lowest BCUT2D eigenvalue weighted by molar-refractivity contribution is -0.121. The molecule has 3 aromatic carbocycles. The normalized spacial score (nSPS) is 12.4. The third kappa shape index (κ3) is 4.87. The average molecular weight is 480 g/mol. The van der Waals surface area contributed by atoms with Gasteiger partial charge in [0.15, 0.2) is 11.7 Å². The summed E-state index contributed by atoms with van der Waals surface area (Å²) in [5.74, 6) is -0.694. The van der Waals surface area contributed by atoms with Gasteiger partial charge in [-0.3, -0.25) is 19.7 Å². The maximum Gasteiger partial charge on any atom is 0.266 e. The lowest BCUT2D eigenvalue weighted by Crippen LogP contribution is -2.37. The number of imide groups is 1. The number of fused-ring (bicyclic) bond motifs is 1. The first-order valence-electron chi connectivity index (χ1n) is 9.91. The maximum absolute atomic E-state index is 12.6. The highest BCUT2D eigenvalue weighted by Crippen LogP contribution is 2.32. The fraction of sp³-hybridized carbons (Fsp3) is 0.0833. The quantitative estimate of drug-likeness (QED) is 0.418. The molecule has 9 heteroatoms. The SMILES string of the molecule is Cc1ccc(OCC(=O)NC(=S)Nc2ccc(N3C(=O)c4ccccc4C3=O)cc2Cl)cc1. The molecule has 0 radical (unpaired) electrons. The van der Waals surface area contributed by atoms with Gasteiger partial charge in [-0.25, -0.2) is 4.90 Å². The number of hydrogen-bond acceptors (Lipinski definition) is 5. The van der Waals surface area contributed by atoms with Gasteiger partial charge in [0.25, 0.3) is 17.7 Å². The average Bonchev–Trinajstić information content (AvgIpc) is 3.05. The summed E-state index contributed by atoms with van der Waals surface area (Å²) >= 11 is 11.5. The summed E-state index contributed by atoms with van der Waals surface area (Å²) in [5.41, 5.74) is 2.51. The van der Waals surface area contributed by atoms with Crippen molar-refractivity contribution in [2.45, 2.75) is 6.92 Å². The van der Waals surface area contributed by atoms with Crippen molar-refractivity contribution in [2.75, 3.05) is 16.8 Å². The summed E-state index contributed by atoms with van der Waals surface area (Å²) in [7, 11) is 0. The second-order valence-electron chi connectivity index (χ2n) is 7.26. The number of nitrogens with zero attached hydrogens (tertiary/aromatic N) is 1. The van der Waals surface area contributed by atoms with Crippen LogP contribution < -0.4 is 20.3 Å². The van der Waals surface area contributed by atoms with E-state index < -0.39 is 17.7 Å². The highest BCUT2D eigenvalue weighted by Gasteiger charge is 2.36. The van der Waals surface area contributed by atoms with E-state index in [9.17, 15) is 14.4 Å². The molecule has 1 aliphatic heterocycles. The van der Waals surface area contributed by atoms with E-state index >= 15 is 0 Å². The van der Waals surface area contributed by atoms with Crippen molar-refractivity contribution < 1.29 is 19.1 Å². The molecule has 0 saturated heterocycles. The summed E-state index contributed by atoms with van der Waals surface area (Å²) in [5, 5.41) is 5.59. The molecule has 0 aliphatic carbocycles. The third-order valence-electron chi connectivity index (χ3n) is 4.90. The molecule has 1 heterocycles. The topological polar surface area (TPSA) is 87.7 Å². The number of halogens is 1. The minimum Gasteiger partial charge on any atom is -0.484 e. The van der Waals surface area contributed by atoms with E-state index in [0.717, 1.165) is 10.5 Å². The number of amides is 3. The second kappa shape index (κ2) is 9.40. The first-order valence-corrected chi connectivity index (χ1v) is 10.7. The van der Waals surface area contributed by atoms with Gasteiger partial charge in [0.05, 0.1) is 27.5 Å². The largest absolute Gasteiger partial charge is 0.484 e. The van der Waals surface area contributed by atoms with Gasteiger partial charge < -0.3 is 10.1 Å². The van der Waals surface area contributed by atoms with Crippen LogP contribution in [0.3, 0.4) is 0 Å². The van der Waals surface area contributed by atoms with E-state index in [-0.39, 0.29) is 16.7 Å². The van der Waals surface area contributed by atoms with Crippen LogP contribution in [-0.2, 0) is 4.79 Å². The predicted octanol–water partition coefficient (Wildman–Crippen LogP) is 4.34. The fourth-order valence-electron chi connectivity index (χ4n) is 3.27. The van der Waals surface area contributed by atoms with E-state index in [0.29, 0.717) is 28.3 Å². The maximum atomic E-state index is 12.6. The van der Waals surface area contributed by atoms with Crippen molar-refractivity contribution in [3.05, 3.63) is 88.4 Å². The van der Waals surface area contributed by atoms with Crippen LogP contribution in [0.15, 0.2) is 66.7 Å². The Morgan fingerprint density at radius 2 is 1.64 bits per heavy atom. The molecular weight excluding hydrogens is 462 g/mol. The van der Waals surface area contributed by atoms with Crippen molar-refractivity contribution in [1.82, 2.24) is 5.32 Å². The molecule has 4 rings (SSSR count). The summed E-state index contributed by atoms with van der Waals surface area (Å²) < 4.78 is 5.42. The summed E-state index contributed by atoms with van der Waals surface area (Å²) in [4.78, 5) is 38.5. The Kier molecular flexibility index (Phi) is 6.39. The molecule has 3 aromatic rings. The summed E-state index contributed by atoms with van der Waals surface area (Å²) in [6.07, 6.45) is 0. The minimum absolute atomic E-state index is 0.0305. The van der Waals surface area contributed by atoms with E-state index in [1.807, 2.05) is 19.1 Å². The van der Waals surface area contributed by atoms with Crippen molar-refractivity contribution in [1.29, 1.82) is 0 Å². The molecule has 0 fully saturated rings. The molecule has 0 saturated carbocycles. The Labute approximate surface area is 200 Å². The van der Waals surface area contributed by atoms with Crippen LogP contribution in [0.25, 0.3) is 0 Å². The smallest absolute Gasteiger partial charge is 0.266 e. The van der Waals surface area contributed by atoms with Crippen molar-refractivity contribution >= 4 is 58.0 Å². The first kappa shape index (κ1) is 22.4. The van der Waals surface area contributed by atoms with Crippen LogP contribution in [0.2, 0.25) is 5.02 Å². The third-order valence-corrected chi connectivity index (χ3v) is 5.41. The zero-order chi connectivity index (χ0) is 23.5. The Hall–Kier alpha value is -3.75. The molecule has 0 aromatic heterocycles. The standard InChI is InChI=1S/C24H18ClN3O4S/c1-14-6-9-16(10-7-14)32-13-21(29)27-24(33)26-20-11-8-15(12-19(20)25)28-22(30)17-4-2-3-5-18(17)23(28)31/h2-12H,13H2,1H3,(H2,26,27,29,33). The molecule has 0 unspecified atom stereocenters. The zero-order valence-electron chi connectivity index (χ0n) is 17.4. The summed E-state index contributed by atoms with van der Waals surface area (Å²) in [6, 6.07) is 18.6. The van der Waals surface area contributed by atoms with E-state index in [4.69, 9.17) is 28.6 Å². The zero-order valence-corrected chi connectivity index (χ0v) is 19.0. The number of thiocarbonyl (C=S) groups is 1. The van der Waals surface area contributed by atoms with Gasteiger partial charge in [-0.15, -0.1) is 0 Å². The summed E-state index contributed by atoms with van der Waals surface area (Å²) in [6.45, 7) is 1.75. The van der Waals surface area contributed by atoms with E-state index in [1.165, 1.54) is 6.07 Å². The lowest BCUT2D eigenvalue weighted by Gasteiger charge is -2.16. The lowest BCUT2D eigenvalue weighted by atomic mass is 10.1. The van der Waals surface area contributed by atoms with Crippen LogP contribution >= 0.6 is 23.8 Å². The Morgan fingerprint density at radius 1 is 1.00 bits per heavy atom. The van der Waals surface area contributed by atoms with Gasteiger partial charge in [-0.2, -0.15) is 0 Å². The molecular formula is C24H18ClN3O4S. The van der Waals surface area contributed by atoms with Crippen molar-refractivity contribution in [3.8, 4) is 5.75 Å². The molecule has 3 amide bonds. The molecule has 166 valence electrons. The molecule has 0 bridgehead atoms. The molecule has 7 nitrogen and oxygen atoms in total. The van der Waals surface area contributed by atoms with Crippen LogP contribution in [0.5, 0.6) is 5.75 Å². The Morgan fingerprint density at radius 3 is 2.24 bits per heavy atom. The molecule has 33 heavy (non-hydrogen) atoms. The number of rotatable bonds is 5. The molecule has 1 aliphatic rings. The molecule has 0 atom stereocenters. The number of nitrogens with one attached hydrogen (secondary N) is 2. The number of hydrogen-bond donors (Lipinski definition) is 2. The number of ether oxygens (including phenoxy) is 1. The minimum atomic E-state index is -0.438. The van der Waals surface area contributed by atoms with Crippen LogP contribution in [-0.4, -0.2) is 29.4 Å². The van der Waals surface area contributed by atoms with Gasteiger partial charge in [-0.05, 0) is 61.6 Å². The van der Waals surface area contributed by atoms with Crippen LogP contribution in [0, 0.1) is 6.92 Å². The highest BCUT2D eigenvalue weighted by molar-refractivity contribution is 7.80. The number of carbonyl (C=O) groups excluding carboxylic acids is 3. The Balaban J connectivity index is 1.37. The van der Waals surface area contributed by atoms with E-state index in [1.54, 1.807) is 48.5 Å². The van der Waals surface area contributed by atoms with Crippen molar-refractivity contribution in [2.24, 2.45) is 0 Å². The number of anilines is 2. The van der Waals surface area contributed by atoms with Gasteiger partial charge in [0.1, 0.15) is 5.75 Å². The fourth-order valence-corrected chi connectivity index (χ4v) is 3.71. The van der Waals surface area contributed by atoms with Gasteiger partial charge in [0.2, 0.25) is 0 Å². The Bertz CT molecular complexity index is 1240. The van der Waals surface area contributed by atoms with Gasteiger partial charge in [0, 0.05) is 0 Å². The van der Waals surface area contributed by atoms with Gasteiger partial charge in [-0.1, -0.05) is 41.4 Å². The van der Waals surface area contributed by atoms with Crippen molar-refractivity contribution in [3.63, 3.8) is 0 Å². The van der Waals surface area contributed by atoms with E-state index in [2.05, 4.69) is 10.6 Å². The predicted molar refractivity (Wildman–Crippen MR) is 130 cm³/mol. The van der Waals surface area contributed by atoms with Gasteiger partial charge >= 0.3 is 0 Å². The second-order valence-corrected chi connectivity index (χ2v) is 8.07. The number of carbonyl (C=O) groups is 3. The molecule has 2 N–H and O–H groups in total. The highest BCUT2D eigenvalue weighted by atomic mass is 35.5. The monoisotopic (exact) mass is 479 g/mol. The number of aryl methyl sites for hydroxylation is 1. The van der Waals surface area contributed by atoms with Crippen LogP contribution in [0.1, 0.15) is 26.3 Å². The first-order chi connectivity index (χ1) is 15.8. The van der Waals surface area contributed by atoms with Crippen LogP contribution in [0.4, 0.5) is 11.4 Å². The molecule has 0 spiro atoms.